The predicted octanol–water partition coefficient (Wildman–Crippen LogP) is 2.04. The Morgan fingerprint density at radius 1 is 1.24 bits per heavy atom. The Hall–Kier alpha value is -1.06. The Kier molecular flexibility index (Phi) is 4.40. The van der Waals surface area contributed by atoms with Crippen LogP contribution in [0.3, 0.4) is 0 Å². The molecule has 0 amide bonds. The highest BCUT2D eigenvalue weighted by molar-refractivity contribution is 5.27. The lowest BCUT2D eigenvalue weighted by Crippen LogP contribution is -2.35. The minimum Gasteiger partial charge on any atom is -0.494 e. The predicted molar refractivity (Wildman–Crippen MR) is 68.1 cm³/mol. The van der Waals surface area contributed by atoms with Crippen LogP contribution in [0, 0.1) is 0 Å². The Labute approximate surface area is 103 Å². The summed E-state index contributed by atoms with van der Waals surface area (Å²) in [5.74, 6) is 0.935. The van der Waals surface area contributed by atoms with Crippen molar-refractivity contribution in [3.05, 3.63) is 29.8 Å². The summed E-state index contributed by atoms with van der Waals surface area (Å²) in [7, 11) is 0. The molecular formula is C14H21NO2. The summed E-state index contributed by atoms with van der Waals surface area (Å²) >= 11 is 0. The lowest BCUT2D eigenvalue weighted by molar-refractivity contribution is 0.0792. The molecular weight excluding hydrogens is 214 g/mol. The van der Waals surface area contributed by atoms with E-state index in [1.807, 2.05) is 19.1 Å². The largest absolute Gasteiger partial charge is 0.494 e. The average Bonchev–Trinajstić information content (AvgIpc) is 2.35. The molecule has 0 bridgehead atoms. The van der Waals surface area contributed by atoms with Gasteiger partial charge in [0.2, 0.25) is 0 Å². The van der Waals surface area contributed by atoms with E-state index in [2.05, 4.69) is 17.0 Å². The molecule has 1 saturated heterocycles. The molecule has 0 radical (unpaired) electrons. The molecule has 0 aromatic heterocycles. The highest BCUT2D eigenvalue weighted by Crippen LogP contribution is 2.16. The fourth-order valence-electron chi connectivity index (χ4n) is 2.19. The maximum atomic E-state index is 9.45. The standard InChI is InChI=1S/C14H21NO2/c1-2-17-14-5-3-12(4-6-14)11-15-9-7-13(16)8-10-15/h3-6,13,16H,2,7-11H2,1H3. The Balaban J connectivity index is 1.86. The quantitative estimate of drug-likeness (QED) is 0.867. The van der Waals surface area contributed by atoms with Gasteiger partial charge < -0.3 is 9.84 Å². The van der Waals surface area contributed by atoms with E-state index in [9.17, 15) is 5.11 Å². The molecule has 3 heteroatoms. The van der Waals surface area contributed by atoms with Crippen molar-refractivity contribution in [2.75, 3.05) is 19.7 Å². The van der Waals surface area contributed by atoms with Gasteiger partial charge in [0.1, 0.15) is 5.75 Å². The first-order valence-electron chi connectivity index (χ1n) is 6.40. The molecule has 0 unspecified atom stereocenters. The number of ether oxygens (including phenoxy) is 1. The van der Waals surface area contributed by atoms with Crippen LogP contribution in [0.2, 0.25) is 0 Å². The normalized spacial score (nSPS) is 18.2. The first kappa shape index (κ1) is 12.4. The van der Waals surface area contributed by atoms with Crippen LogP contribution in [-0.4, -0.2) is 35.8 Å². The summed E-state index contributed by atoms with van der Waals surface area (Å²) in [6.45, 7) is 5.66. The fourth-order valence-corrected chi connectivity index (χ4v) is 2.19. The van der Waals surface area contributed by atoms with E-state index in [4.69, 9.17) is 4.74 Å². The SMILES string of the molecule is CCOc1ccc(CN2CCC(O)CC2)cc1. The van der Waals surface area contributed by atoms with Crippen molar-refractivity contribution in [1.29, 1.82) is 0 Å². The van der Waals surface area contributed by atoms with Gasteiger partial charge in [-0.1, -0.05) is 12.1 Å². The van der Waals surface area contributed by atoms with Gasteiger partial charge in [-0.25, -0.2) is 0 Å². The van der Waals surface area contributed by atoms with Crippen molar-refractivity contribution < 1.29 is 9.84 Å². The highest BCUT2D eigenvalue weighted by atomic mass is 16.5. The zero-order chi connectivity index (χ0) is 12.1. The van der Waals surface area contributed by atoms with Gasteiger partial charge in [-0.15, -0.1) is 0 Å². The number of nitrogens with zero attached hydrogens (tertiary/aromatic N) is 1. The topological polar surface area (TPSA) is 32.7 Å². The van der Waals surface area contributed by atoms with Gasteiger partial charge in [0.05, 0.1) is 12.7 Å². The zero-order valence-corrected chi connectivity index (χ0v) is 10.4. The number of aliphatic hydroxyl groups excluding tert-OH is 1. The minimum atomic E-state index is -0.0911. The molecule has 1 heterocycles. The second-order valence-electron chi connectivity index (χ2n) is 4.58. The van der Waals surface area contributed by atoms with Gasteiger partial charge in [0.15, 0.2) is 0 Å². The van der Waals surface area contributed by atoms with E-state index in [1.54, 1.807) is 0 Å². The second kappa shape index (κ2) is 6.03. The van der Waals surface area contributed by atoms with Gasteiger partial charge in [0, 0.05) is 19.6 Å². The lowest BCUT2D eigenvalue weighted by atomic mass is 10.1. The molecule has 1 aromatic carbocycles. The number of hydrogen-bond donors (Lipinski definition) is 1. The molecule has 1 aliphatic heterocycles. The first-order valence-corrected chi connectivity index (χ1v) is 6.40. The monoisotopic (exact) mass is 235 g/mol. The Morgan fingerprint density at radius 3 is 2.47 bits per heavy atom. The molecule has 3 nitrogen and oxygen atoms in total. The molecule has 0 spiro atoms. The van der Waals surface area contributed by atoms with Gasteiger partial charge in [0.25, 0.3) is 0 Å². The smallest absolute Gasteiger partial charge is 0.119 e. The highest BCUT2D eigenvalue weighted by Gasteiger charge is 2.16. The van der Waals surface area contributed by atoms with Gasteiger partial charge >= 0.3 is 0 Å². The molecule has 1 aliphatic rings. The maximum Gasteiger partial charge on any atom is 0.119 e. The van der Waals surface area contributed by atoms with E-state index in [0.717, 1.165) is 38.2 Å². The van der Waals surface area contributed by atoms with Crippen molar-refractivity contribution in [2.24, 2.45) is 0 Å². The van der Waals surface area contributed by atoms with Gasteiger partial charge in [-0.05, 0) is 37.5 Å². The summed E-state index contributed by atoms with van der Waals surface area (Å²) in [4.78, 5) is 2.39. The van der Waals surface area contributed by atoms with Crippen molar-refractivity contribution in [3.63, 3.8) is 0 Å². The van der Waals surface area contributed by atoms with Crippen LogP contribution in [0.4, 0.5) is 0 Å². The van der Waals surface area contributed by atoms with E-state index in [-0.39, 0.29) is 6.10 Å². The lowest BCUT2D eigenvalue weighted by Gasteiger charge is -2.29. The Morgan fingerprint density at radius 2 is 1.88 bits per heavy atom. The van der Waals surface area contributed by atoms with Crippen molar-refractivity contribution >= 4 is 0 Å². The van der Waals surface area contributed by atoms with Crippen LogP contribution in [-0.2, 0) is 6.54 Å². The minimum absolute atomic E-state index is 0.0911. The van der Waals surface area contributed by atoms with E-state index in [0.29, 0.717) is 6.61 Å². The van der Waals surface area contributed by atoms with Crippen LogP contribution >= 0.6 is 0 Å². The van der Waals surface area contributed by atoms with E-state index >= 15 is 0 Å². The zero-order valence-electron chi connectivity index (χ0n) is 10.4. The Bertz CT molecular complexity index is 329. The molecule has 1 aromatic rings. The number of piperidine rings is 1. The summed E-state index contributed by atoms with van der Waals surface area (Å²) in [5, 5.41) is 9.45. The average molecular weight is 235 g/mol. The molecule has 0 saturated carbocycles. The van der Waals surface area contributed by atoms with Gasteiger partial charge in [-0.3, -0.25) is 4.90 Å². The fraction of sp³-hybridized carbons (Fsp3) is 0.571. The molecule has 0 aliphatic carbocycles. The third kappa shape index (κ3) is 3.72. The molecule has 1 N–H and O–H groups in total. The number of hydrogen-bond acceptors (Lipinski definition) is 3. The van der Waals surface area contributed by atoms with Crippen molar-refractivity contribution in [3.8, 4) is 5.75 Å². The van der Waals surface area contributed by atoms with E-state index < -0.39 is 0 Å². The van der Waals surface area contributed by atoms with Crippen LogP contribution in [0.25, 0.3) is 0 Å². The summed E-state index contributed by atoms with van der Waals surface area (Å²) in [5.41, 5.74) is 1.31. The van der Waals surface area contributed by atoms with Crippen LogP contribution in [0.15, 0.2) is 24.3 Å². The molecule has 0 atom stereocenters. The molecule has 2 rings (SSSR count). The number of benzene rings is 1. The first-order chi connectivity index (χ1) is 8.28. The molecule has 17 heavy (non-hydrogen) atoms. The molecule has 94 valence electrons. The second-order valence-corrected chi connectivity index (χ2v) is 4.58. The van der Waals surface area contributed by atoms with Crippen molar-refractivity contribution in [1.82, 2.24) is 4.90 Å². The maximum absolute atomic E-state index is 9.45. The van der Waals surface area contributed by atoms with Gasteiger partial charge in [-0.2, -0.15) is 0 Å². The van der Waals surface area contributed by atoms with Crippen LogP contribution in [0.1, 0.15) is 25.3 Å². The molecule has 1 fully saturated rings. The summed E-state index contributed by atoms with van der Waals surface area (Å²) in [6, 6.07) is 8.29. The van der Waals surface area contributed by atoms with Crippen molar-refractivity contribution in [2.45, 2.75) is 32.4 Å². The third-order valence-electron chi connectivity index (χ3n) is 3.20. The van der Waals surface area contributed by atoms with Crippen LogP contribution < -0.4 is 4.74 Å². The summed E-state index contributed by atoms with van der Waals surface area (Å²) < 4.78 is 5.42. The van der Waals surface area contributed by atoms with E-state index in [1.165, 1.54) is 5.56 Å². The third-order valence-corrected chi connectivity index (χ3v) is 3.20. The number of rotatable bonds is 4. The summed E-state index contributed by atoms with van der Waals surface area (Å²) in [6.07, 6.45) is 1.71. The number of likely N-dealkylation sites (tertiary alicyclic amines) is 1. The van der Waals surface area contributed by atoms with Crippen LogP contribution in [0.5, 0.6) is 5.75 Å². The number of aliphatic hydroxyl groups is 1.